The van der Waals surface area contributed by atoms with Crippen molar-refractivity contribution in [2.75, 3.05) is 14.2 Å². The van der Waals surface area contributed by atoms with Gasteiger partial charge in [-0.15, -0.1) is 5.10 Å². The van der Waals surface area contributed by atoms with E-state index in [0.29, 0.717) is 0 Å². The van der Waals surface area contributed by atoms with Gasteiger partial charge in [0.25, 0.3) is 0 Å². The molecular weight excluding hydrogens is 326 g/mol. The van der Waals surface area contributed by atoms with E-state index >= 15 is 0 Å². The Labute approximate surface area is 153 Å². The van der Waals surface area contributed by atoms with Crippen LogP contribution in [0, 0.1) is 0 Å². The van der Waals surface area contributed by atoms with Gasteiger partial charge >= 0.3 is 0 Å². The number of rotatable bonds is 3. The molecule has 1 unspecified atom stereocenters. The van der Waals surface area contributed by atoms with Crippen molar-refractivity contribution in [3.8, 4) is 11.4 Å². The van der Waals surface area contributed by atoms with Crippen LogP contribution in [0.5, 0.6) is 5.75 Å². The molecule has 1 aliphatic heterocycles. The lowest BCUT2D eigenvalue weighted by molar-refractivity contribution is -0.957. The van der Waals surface area contributed by atoms with Gasteiger partial charge in [-0.2, -0.15) is 4.68 Å². The van der Waals surface area contributed by atoms with E-state index in [-0.39, 0.29) is 11.6 Å². The second kappa shape index (κ2) is 6.21. The second-order valence-electron chi connectivity index (χ2n) is 7.52. The zero-order valence-corrected chi connectivity index (χ0v) is 15.6. The normalized spacial score (nSPS) is 21.2. The Bertz CT molecular complexity index is 916. The van der Waals surface area contributed by atoms with Crippen LogP contribution in [0.15, 0.2) is 48.5 Å². The summed E-state index contributed by atoms with van der Waals surface area (Å²) in [4.78, 5) is 1.39. The minimum atomic E-state index is 0.0760. The Balaban J connectivity index is 1.84. The molecule has 3 aromatic rings. The maximum Gasteiger partial charge on any atom is 0.219 e. The molecule has 0 bridgehead atoms. The van der Waals surface area contributed by atoms with Crippen LogP contribution in [-0.4, -0.2) is 39.9 Å². The molecule has 1 aliphatic rings. The molecule has 134 valence electrons. The maximum absolute atomic E-state index is 5.26. The lowest BCUT2D eigenvalue weighted by atomic mass is 9.81. The predicted molar refractivity (Wildman–Crippen MR) is 98.7 cm³/mol. The van der Waals surface area contributed by atoms with Crippen molar-refractivity contribution >= 4 is 0 Å². The summed E-state index contributed by atoms with van der Waals surface area (Å²) in [6.07, 6.45) is 1.04. The van der Waals surface area contributed by atoms with E-state index in [1.165, 1.54) is 16.0 Å². The predicted octanol–water partition coefficient (Wildman–Crippen LogP) is 1.61. The summed E-state index contributed by atoms with van der Waals surface area (Å²) in [6.45, 7) is 4.60. The molecule has 0 spiro atoms. The van der Waals surface area contributed by atoms with Crippen LogP contribution in [0.2, 0.25) is 0 Å². The highest BCUT2D eigenvalue weighted by molar-refractivity contribution is 5.40. The third-order valence-corrected chi connectivity index (χ3v) is 5.57. The number of quaternary nitrogens is 1. The summed E-state index contributed by atoms with van der Waals surface area (Å²) in [5.41, 5.74) is 3.70. The van der Waals surface area contributed by atoms with Crippen LogP contribution in [-0.2, 0) is 6.42 Å². The van der Waals surface area contributed by atoms with Crippen molar-refractivity contribution in [3.63, 3.8) is 0 Å². The molecule has 6 heteroatoms. The zero-order valence-electron chi connectivity index (χ0n) is 15.6. The van der Waals surface area contributed by atoms with Crippen molar-refractivity contribution in [3.05, 3.63) is 65.5 Å². The number of ether oxygens (including phenoxy) is 1. The lowest BCUT2D eigenvalue weighted by Crippen LogP contribution is -3.18. The van der Waals surface area contributed by atoms with Gasteiger partial charge in [0, 0.05) is 12.0 Å². The first-order valence-corrected chi connectivity index (χ1v) is 8.86. The Morgan fingerprint density at radius 3 is 2.58 bits per heavy atom. The average Bonchev–Trinajstić information content (AvgIpc) is 3.12. The molecule has 0 radical (unpaired) electrons. The minimum Gasteiger partial charge on any atom is -0.497 e. The van der Waals surface area contributed by atoms with Gasteiger partial charge in [-0.25, -0.2) is 0 Å². The van der Waals surface area contributed by atoms with E-state index in [4.69, 9.17) is 4.74 Å². The van der Waals surface area contributed by atoms with Gasteiger partial charge in [-0.1, -0.05) is 24.3 Å². The fraction of sp³-hybridized carbons (Fsp3) is 0.350. The van der Waals surface area contributed by atoms with E-state index in [1.807, 2.05) is 28.9 Å². The molecule has 0 aliphatic carbocycles. The van der Waals surface area contributed by atoms with Gasteiger partial charge in [0.05, 0.1) is 25.4 Å². The van der Waals surface area contributed by atoms with Crippen molar-refractivity contribution < 1.29 is 9.64 Å². The van der Waals surface area contributed by atoms with E-state index in [2.05, 4.69) is 60.7 Å². The first-order chi connectivity index (χ1) is 12.5. The maximum atomic E-state index is 5.26. The second-order valence-corrected chi connectivity index (χ2v) is 7.52. The first kappa shape index (κ1) is 16.7. The van der Waals surface area contributed by atoms with E-state index in [9.17, 15) is 0 Å². The highest BCUT2D eigenvalue weighted by atomic mass is 16.5. The summed E-state index contributed by atoms with van der Waals surface area (Å²) in [6, 6.07) is 16.5. The fourth-order valence-corrected chi connectivity index (χ4v) is 3.83. The molecular formula is C20H24N5O+. The molecule has 0 fully saturated rings. The van der Waals surface area contributed by atoms with Crippen LogP contribution in [0.3, 0.4) is 0 Å². The van der Waals surface area contributed by atoms with Gasteiger partial charge in [-0.05, 0) is 54.1 Å². The molecule has 4 rings (SSSR count). The van der Waals surface area contributed by atoms with Crippen LogP contribution in [0.1, 0.15) is 36.8 Å². The zero-order chi connectivity index (χ0) is 18.3. The van der Waals surface area contributed by atoms with Crippen molar-refractivity contribution in [1.82, 2.24) is 20.2 Å². The summed E-state index contributed by atoms with van der Waals surface area (Å²) in [5, 5.41) is 12.7. The number of fused-ring (bicyclic) bond motifs is 1. The molecule has 6 nitrogen and oxygen atoms in total. The third-order valence-electron chi connectivity index (χ3n) is 5.57. The number of likely N-dealkylation sites (N-methyl/N-ethyl adjacent to an activating group) is 1. The van der Waals surface area contributed by atoms with Crippen LogP contribution < -0.4 is 9.64 Å². The number of nitrogens with one attached hydrogen (secondary N) is 1. The molecule has 2 heterocycles. The molecule has 1 N–H and O–H groups in total. The summed E-state index contributed by atoms with van der Waals surface area (Å²) < 4.78 is 7.10. The molecule has 1 aromatic heterocycles. The van der Waals surface area contributed by atoms with E-state index in [1.54, 1.807) is 7.11 Å². The number of hydrogen-bond donors (Lipinski definition) is 1. The SMILES string of the molecule is COc1ccc(-n2nnnc2[C@H]2c3ccccc3CC(C)(C)[NH+]2C)cc1. The first-order valence-electron chi connectivity index (χ1n) is 8.86. The van der Waals surface area contributed by atoms with Gasteiger partial charge < -0.3 is 9.64 Å². The average molecular weight is 350 g/mol. The summed E-state index contributed by atoms with van der Waals surface area (Å²) in [7, 11) is 3.89. The monoisotopic (exact) mass is 350 g/mol. The number of benzene rings is 2. The topological polar surface area (TPSA) is 57.3 Å². The van der Waals surface area contributed by atoms with E-state index < -0.39 is 0 Å². The molecule has 0 saturated carbocycles. The number of hydrogen-bond acceptors (Lipinski definition) is 4. The van der Waals surface area contributed by atoms with Gasteiger partial charge in [0.2, 0.25) is 5.82 Å². The molecule has 26 heavy (non-hydrogen) atoms. The van der Waals surface area contributed by atoms with Crippen LogP contribution >= 0.6 is 0 Å². The largest absolute Gasteiger partial charge is 0.497 e. The van der Waals surface area contributed by atoms with Gasteiger partial charge in [-0.3, -0.25) is 0 Å². The number of methoxy groups -OCH3 is 1. The Morgan fingerprint density at radius 2 is 1.85 bits per heavy atom. The number of tetrazole rings is 1. The fourth-order valence-electron chi connectivity index (χ4n) is 3.83. The third kappa shape index (κ3) is 2.66. The minimum absolute atomic E-state index is 0.0760. The van der Waals surface area contributed by atoms with Crippen molar-refractivity contribution in [2.45, 2.75) is 31.8 Å². The Hall–Kier alpha value is -2.73. The number of nitrogens with zero attached hydrogens (tertiary/aromatic N) is 4. The van der Waals surface area contributed by atoms with Gasteiger partial charge in [0.1, 0.15) is 5.75 Å². The molecule has 2 atom stereocenters. The quantitative estimate of drug-likeness (QED) is 0.780. The highest BCUT2D eigenvalue weighted by Gasteiger charge is 2.44. The summed E-state index contributed by atoms with van der Waals surface area (Å²) >= 11 is 0. The molecule has 0 amide bonds. The number of aromatic nitrogens is 4. The van der Waals surface area contributed by atoms with Crippen molar-refractivity contribution in [1.29, 1.82) is 0 Å². The van der Waals surface area contributed by atoms with E-state index in [0.717, 1.165) is 23.7 Å². The molecule has 2 aromatic carbocycles. The van der Waals surface area contributed by atoms with Crippen LogP contribution in [0.25, 0.3) is 5.69 Å². The molecule has 0 saturated heterocycles. The Kier molecular flexibility index (Phi) is 4.00. The summed E-state index contributed by atoms with van der Waals surface area (Å²) in [5.74, 6) is 1.67. The van der Waals surface area contributed by atoms with Crippen LogP contribution in [0.4, 0.5) is 0 Å². The van der Waals surface area contributed by atoms with Crippen molar-refractivity contribution in [2.24, 2.45) is 0 Å². The van der Waals surface area contributed by atoms with Gasteiger partial charge in [0.15, 0.2) is 6.04 Å². The smallest absolute Gasteiger partial charge is 0.219 e. The lowest BCUT2D eigenvalue weighted by Gasteiger charge is -2.42. The standard InChI is InChI=1S/C20H23N5O/c1-20(2)13-14-7-5-6-8-17(14)18(24(20)3)19-21-22-23-25(19)15-9-11-16(26-4)12-10-15/h5-12,18H,13H2,1-4H3/p+1/t18-/m1/s1. The highest BCUT2D eigenvalue weighted by Crippen LogP contribution is 2.30. The Morgan fingerprint density at radius 1 is 1.12 bits per heavy atom.